The maximum Gasteiger partial charge on any atom is 0.338 e. The van der Waals surface area contributed by atoms with Gasteiger partial charge in [-0.15, -0.1) is 0 Å². The van der Waals surface area contributed by atoms with Gasteiger partial charge in [0.1, 0.15) is 11.5 Å². The van der Waals surface area contributed by atoms with Crippen LogP contribution >= 0.6 is 11.3 Å². The number of carbonyl (C=O) groups excluding carboxylic acids is 1. The summed E-state index contributed by atoms with van der Waals surface area (Å²) in [5.41, 5.74) is 2.05. The molecule has 4 aromatic rings. The molecule has 1 unspecified atom stereocenters. The third kappa shape index (κ3) is 4.61. The Balaban J connectivity index is 1.45. The number of carbonyl (C=O) groups is 1. The fraction of sp³-hybridized carbons (Fsp3) is 0.207. The number of rotatable bonds is 6. The van der Waals surface area contributed by atoms with Crippen LogP contribution in [0.15, 0.2) is 74.0 Å². The van der Waals surface area contributed by atoms with Gasteiger partial charge in [0.2, 0.25) is 6.79 Å². The number of hydrogen-bond acceptors (Lipinski definition) is 10. The molecular weight excluding hydrogens is 550 g/mol. The summed E-state index contributed by atoms with van der Waals surface area (Å²) < 4.78 is 24.1. The first-order chi connectivity index (χ1) is 19.7. The molecule has 0 spiro atoms. The molecular formula is C29H23N3O8S. The molecule has 1 atom stereocenters. The first-order valence-corrected chi connectivity index (χ1v) is 13.5. The Labute approximate surface area is 236 Å². The Morgan fingerprint density at radius 2 is 1.98 bits per heavy atom. The Morgan fingerprint density at radius 3 is 2.76 bits per heavy atom. The number of ether oxygens (including phenoxy) is 3. The number of nitro benzene ring substituents is 1. The number of aryl methyl sites for hydroxylation is 1. The third-order valence-corrected chi connectivity index (χ3v) is 7.80. The van der Waals surface area contributed by atoms with Crippen LogP contribution in [0.2, 0.25) is 0 Å². The Bertz CT molecular complexity index is 1950. The van der Waals surface area contributed by atoms with Crippen LogP contribution in [0.3, 0.4) is 0 Å². The maximum atomic E-state index is 13.8. The summed E-state index contributed by atoms with van der Waals surface area (Å²) in [7, 11) is 0. The van der Waals surface area contributed by atoms with Gasteiger partial charge in [0.15, 0.2) is 16.3 Å². The minimum atomic E-state index is -0.804. The van der Waals surface area contributed by atoms with Crippen molar-refractivity contribution in [1.29, 1.82) is 0 Å². The van der Waals surface area contributed by atoms with Crippen molar-refractivity contribution >= 4 is 29.1 Å². The molecule has 2 aromatic heterocycles. The Hall–Kier alpha value is -4.97. The SMILES string of the molecule is CCOC(=O)C1=C(C)N=c2s/c(=C\c3ccc(-c4ccc(C)c([N+](=O)[O-])c4)o3)c(=O)n2C1c1ccc2c(c1)OCO2. The van der Waals surface area contributed by atoms with Gasteiger partial charge in [0.25, 0.3) is 11.2 Å². The second-order valence-corrected chi connectivity index (χ2v) is 10.4. The molecule has 208 valence electrons. The lowest BCUT2D eigenvalue weighted by Gasteiger charge is -2.24. The molecule has 0 fully saturated rings. The summed E-state index contributed by atoms with van der Waals surface area (Å²) in [5, 5.41) is 11.4. The zero-order valence-electron chi connectivity index (χ0n) is 22.2. The molecule has 0 bridgehead atoms. The largest absolute Gasteiger partial charge is 0.463 e. The quantitative estimate of drug-likeness (QED) is 0.192. The van der Waals surface area contributed by atoms with Gasteiger partial charge in [-0.1, -0.05) is 29.5 Å². The van der Waals surface area contributed by atoms with E-state index in [1.165, 1.54) is 10.6 Å². The molecule has 0 aliphatic carbocycles. The number of aromatic nitrogens is 1. The van der Waals surface area contributed by atoms with E-state index in [1.54, 1.807) is 69.3 Å². The molecule has 12 heteroatoms. The van der Waals surface area contributed by atoms with Crippen LogP contribution < -0.4 is 24.4 Å². The molecule has 2 aliphatic heterocycles. The first kappa shape index (κ1) is 26.3. The van der Waals surface area contributed by atoms with Crippen molar-refractivity contribution in [1.82, 2.24) is 4.57 Å². The minimum Gasteiger partial charge on any atom is -0.463 e. The van der Waals surface area contributed by atoms with E-state index < -0.39 is 16.9 Å². The monoisotopic (exact) mass is 573 g/mol. The van der Waals surface area contributed by atoms with Gasteiger partial charge in [-0.05, 0) is 50.6 Å². The number of esters is 1. The van der Waals surface area contributed by atoms with Gasteiger partial charge in [-0.3, -0.25) is 19.5 Å². The molecule has 0 N–H and O–H groups in total. The van der Waals surface area contributed by atoms with E-state index in [9.17, 15) is 19.7 Å². The zero-order chi connectivity index (χ0) is 28.8. The zero-order valence-corrected chi connectivity index (χ0v) is 23.0. The van der Waals surface area contributed by atoms with Gasteiger partial charge in [-0.2, -0.15) is 0 Å². The first-order valence-electron chi connectivity index (χ1n) is 12.7. The minimum absolute atomic E-state index is 0.00921. The standard InChI is InChI=1S/C29H23N3O8S/c1-4-37-28(34)25-16(3)30-29-31(26(25)18-7-9-22-23(12-18)39-14-38-22)27(33)24(41-29)13-19-8-10-21(40-19)17-6-5-15(2)20(11-17)32(35)36/h5-13,26H,4,14H2,1-3H3/b24-13-. The van der Waals surface area contributed by atoms with Crippen LogP contribution in [0.25, 0.3) is 17.4 Å². The van der Waals surface area contributed by atoms with Crippen LogP contribution in [-0.4, -0.2) is 28.9 Å². The lowest BCUT2D eigenvalue weighted by Crippen LogP contribution is -2.39. The Morgan fingerprint density at radius 1 is 1.17 bits per heavy atom. The van der Waals surface area contributed by atoms with Crippen LogP contribution in [-0.2, 0) is 9.53 Å². The smallest absolute Gasteiger partial charge is 0.338 e. The van der Waals surface area contributed by atoms with Crippen molar-refractivity contribution in [2.45, 2.75) is 26.8 Å². The maximum absolute atomic E-state index is 13.8. The van der Waals surface area contributed by atoms with Gasteiger partial charge in [0.05, 0.1) is 33.4 Å². The van der Waals surface area contributed by atoms with E-state index in [2.05, 4.69) is 4.99 Å². The highest BCUT2D eigenvalue weighted by molar-refractivity contribution is 7.07. The van der Waals surface area contributed by atoms with Crippen molar-refractivity contribution in [2.24, 2.45) is 4.99 Å². The van der Waals surface area contributed by atoms with Crippen LogP contribution in [0.1, 0.15) is 36.8 Å². The topological polar surface area (TPSA) is 135 Å². The van der Waals surface area contributed by atoms with E-state index in [-0.39, 0.29) is 30.2 Å². The van der Waals surface area contributed by atoms with Crippen LogP contribution in [0, 0.1) is 17.0 Å². The fourth-order valence-electron chi connectivity index (χ4n) is 4.86. The summed E-state index contributed by atoms with van der Waals surface area (Å²) in [6.07, 6.45) is 1.59. The number of furan rings is 1. The number of nitro groups is 1. The predicted molar refractivity (Wildman–Crippen MR) is 148 cm³/mol. The molecule has 0 radical (unpaired) electrons. The summed E-state index contributed by atoms with van der Waals surface area (Å²) in [4.78, 5) is 42.9. The van der Waals surface area contributed by atoms with E-state index in [1.807, 2.05) is 0 Å². The number of hydrogen-bond donors (Lipinski definition) is 0. The Kier molecular flexibility index (Phi) is 6.54. The van der Waals surface area contributed by atoms with E-state index in [0.717, 1.165) is 11.3 Å². The second-order valence-electron chi connectivity index (χ2n) is 9.38. The summed E-state index contributed by atoms with van der Waals surface area (Å²) in [6, 6.07) is 12.7. The normalized spacial score (nSPS) is 16.0. The van der Waals surface area contributed by atoms with Crippen LogP contribution in [0.4, 0.5) is 5.69 Å². The number of nitrogens with zero attached hydrogens (tertiary/aromatic N) is 3. The van der Waals surface area contributed by atoms with Gasteiger partial charge >= 0.3 is 5.97 Å². The average molecular weight is 574 g/mol. The van der Waals surface area contributed by atoms with Gasteiger partial charge < -0.3 is 18.6 Å². The molecule has 2 aliphatic rings. The third-order valence-electron chi connectivity index (χ3n) is 6.82. The van der Waals surface area contributed by atoms with E-state index >= 15 is 0 Å². The van der Waals surface area contributed by atoms with Gasteiger partial charge in [0, 0.05) is 23.3 Å². The highest BCUT2D eigenvalue weighted by Crippen LogP contribution is 2.38. The highest BCUT2D eigenvalue weighted by Gasteiger charge is 2.34. The van der Waals surface area contributed by atoms with E-state index in [4.69, 9.17) is 18.6 Å². The molecule has 11 nitrogen and oxygen atoms in total. The van der Waals surface area contributed by atoms with Crippen molar-refractivity contribution in [2.75, 3.05) is 13.4 Å². The van der Waals surface area contributed by atoms with E-state index in [0.29, 0.717) is 54.7 Å². The summed E-state index contributed by atoms with van der Waals surface area (Å²) >= 11 is 1.16. The lowest BCUT2D eigenvalue weighted by molar-refractivity contribution is -0.385. The van der Waals surface area contributed by atoms with Crippen molar-refractivity contribution in [3.8, 4) is 22.8 Å². The van der Waals surface area contributed by atoms with Gasteiger partial charge in [-0.25, -0.2) is 9.79 Å². The fourth-order valence-corrected chi connectivity index (χ4v) is 5.89. The molecule has 2 aromatic carbocycles. The van der Waals surface area contributed by atoms with Crippen LogP contribution in [0.5, 0.6) is 11.5 Å². The summed E-state index contributed by atoms with van der Waals surface area (Å²) in [6.45, 7) is 5.34. The predicted octanol–water partition coefficient (Wildman–Crippen LogP) is 4.00. The summed E-state index contributed by atoms with van der Waals surface area (Å²) in [5.74, 6) is 1.34. The molecule has 4 heterocycles. The molecule has 0 saturated heterocycles. The molecule has 41 heavy (non-hydrogen) atoms. The number of thiazole rings is 1. The number of allylic oxidation sites excluding steroid dienone is 1. The number of fused-ring (bicyclic) bond motifs is 2. The molecule has 0 amide bonds. The molecule has 0 saturated carbocycles. The average Bonchev–Trinajstić information content (AvgIpc) is 3.67. The van der Waals surface area contributed by atoms with Crippen molar-refractivity contribution in [3.63, 3.8) is 0 Å². The lowest BCUT2D eigenvalue weighted by atomic mass is 9.95. The van der Waals surface area contributed by atoms with Crippen molar-refractivity contribution in [3.05, 3.63) is 106 Å². The molecule has 6 rings (SSSR count). The number of benzene rings is 2. The second kappa shape index (κ2) is 10.2. The highest BCUT2D eigenvalue weighted by atomic mass is 32.1. The van der Waals surface area contributed by atoms with Crippen molar-refractivity contribution < 1.29 is 28.3 Å².